The molecule has 1 fully saturated rings. The Bertz CT molecular complexity index is 1000. The van der Waals surface area contributed by atoms with Crippen molar-refractivity contribution in [1.29, 1.82) is 0 Å². The number of amides is 1. The lowest BCUT2D eigenvalue weighted by Gasteiger charge is -2.33. The molecule has 0 aliphatic carbocycles. The van der Waals surface area contributed by atoms with Crippen molar-refractivity contribution in [3.63, 3.8) is 0 Å². The van der Waals surface area contributed by atoms with Crippen molar-refractivity contribution >= 4 is 35.1 Å². The van der Waals surface area contributed by atoms with E-state index in [1.165, 1.54) is 0 Å². The number of carbonyl (C=O) groups excluding carboxylic acids is 1. The lowest BCUT2D eigenvalue weighted by atomic mass is 10.0. The van der Waals surface area contributed by atoms with Gasteiger partial charge in [-0.1, -0.05) is 34.4 Å². The van der Waals surface area contributed by atoms with Crippen molar-refractivity contribution in [1.82, 2.24) is 20.4 Å². The molecular weight excluding hydrogens is 413 g/mol. The highest BCUT2D eigenvalue weighted by Gasteiger charge is 2.28. The summed E-state index contributed by atoms with van der Waals surface area (Å²) < 4.78 is 5.30. The molecule has 3 aromatic rings. The lowest BCUT2D eigenvalue weighted by molar-refractivity contribution is 0.0932. The molecule has 0 unspecified atom stereocenters. The van der Waals surface area contributed by atoms with Gasteiger partial charge in [-0.15, -0.1) is 0 Å². The zero-order valence-corrected chi connectivity index (χ0v) is 17.2. The van der Waals surface area contributed by atoms with Crippen LogP contribution in [0.5, 0.6) is 0 Å². The Morgan fingerprint density at radius 3 is 2.66 bits per heavy atom. The van der Waals surface area contributed by atoms with Crippen LogP contribution < -0.4 is 10.2 Å². The summed E-state index contributed by atoms with van der Waals surface area (Å²) in [7, 11) is 0. The van der Waals surface area contributed by atoms with Gasteiger partial charge >= 0.3 is 0 Å². The second kappa shape index (κ2) is 8.39. The number of halogens is 2. The van der Waals surface area contributed by atoms with Gasteiger partial charge < -0.3 is 14.7 Å². The van der Waals surface area contributed by atoms with E-state index in [4.69, 9.17) is 27.7 Å². The number of benzene rings is 1. The van der Waals surface area contributed by atoms with Crippen molar-refractivity contribution in [2.24, 2.45) is 0 Å². The molecule has 1 saturated heterocycles. The van der Waals surface area contributed by atoms with Crippen molar-refractivity contribution in [3.8, 4) is 11.3 Å². The third kappa shape index (κ3) is 4.06. The highest BCUT2D eigenvalue weighted by Crippen LogP contribution is 2.36. The second-order valence-electron chi connectivity index (χ2n) is 6.87. The van der Waals surface area contributed by atoms with Crippen molar-refractivity contribution in [2.75, 3.05) is 18.0 Å². The predicted octanol–water partition coefficient (Wildman–Crippen LogP) is 4.15. The number of piperidine rings is 1. The Kier molecular flexibility index (Phi) is 5.69. The van der Waals surface area contributed by atoms with Gasteiger partial charge in [0.05, 0.1) is 10.0 Å². The van der Waals surface area contributed by atoms with Crippen LogP contribution in [0.25, 0.3) is 11.3 Å². The van der Waals surface area contributed by atoms with Gasteiger partial charge in [0.1, 0.15) is 17.0 Å². The van der Waals surface area contributed by atoms with E-state index in [-0.39, 0.29) is 11.9 Å². The molecule has 1 aliphatic rings. The number of carbonyl (C=O) groups is 1. The molecule has 7 nitrogen and oxygen atoms in total. The molecule has 0 spiro atoms. The van der Waals surface area contributed by atoms with Crippen LogP contribution in [-0.4, -0.2) is 40.2 Å². The van der Waals surface area contributed by atoms with E-state index in [9.17, 15) is 4.79 Å². The molecule has 1 aliphatic heterocycles. The van der Waals surface area contributed by atoms with Crippen LogP contribution in [0, 0.1) is 6.92 Å². The summed E-state index contributed by atoms with van der Waals surface area (Å²) in [5.74, 6) is 0.805. The number of nitrogens with one attached hydrogen (secondary N) is 1. The molecule has 1 amide bonds. The summed E-state index contributed by atoms with van der Waals surface area (Å²) in [5.41, 5.74) is 1.17. The SMILES string of the molecule is Cc1onc(-c2c(Cl)cccc2Cl)c1C(=O)N[C@H]1CCCN(c2ncccn2)C1. The minimum atomic E-state index is -0.268. The smallest absolute Gasteiger partial charge is 0.257 e. The molecule has 0 saturated carbocycles. The van der Waals surface area contributed by atoms with Gasteiger partial charge in [0.2, 0.25) is 5.95 Å². The van der Waals surface area contributed by atoms with E-state index in [1.54, 1.807) is 43.6 Å². The maximum Gasteiger partial charge on any atom is 0.257 e. The van der Waals surface area contributed by atoms with Gasteiger partial charge in [-0.2, -0.15) is 0 Å². The predicted molar refractivity (Wildman–Crippen MR) is 111 cm³/mol. The standard InChI is InChI=1S/C20H19Cl2N5O2/c1-12-16(18(26-29-12)17-14(21)6-2-7-15(17)22)19(28)25-13-5-3-10-27(11-13)20-23-8-4-9-24-20/h2,4,6-9,13H,3,5,10-11H2,1H3,(H,25,28)/t13-/m0/s1. The minimum Gasteiger partial charge on any atom is -0.360 e. The summed E-state index contributed by atoms with van der Waals surface area (Å²) >= 11 is 12.6. The Morgan fingerprint density at radius 2 is 1.93 bits per heavy atom. The van der Waals surface area contributed by atoms with Crippen LogP contribution in [-0.2, 0) is 0 Å². The highest BCUT2D eigenvalue weighted by atomic mass is 35.5. The van der Waals surface area contributed by atoms with Gasteiger partial charge in [-0.25, -0.2) is 9.97 Å². The Labute approximate surface area is 178 Å². The zero-order chi connectivity index (χ0) is 20.4. The van der Waals surface area contributed by atoms with E-state index in [0.717, 1.165) is 19.4 Å². The molecule has 1 N–H and O–H groups in total. The summed E-state index contributed by atoms with van der Waals surface area (Å²) in [4.78, 5) is 23.8. The summed E-state index contributed by atoms with van der Waals surface area (Å²) in [6.45, 7) is 3.17. The van der Waals surface area contributed by atoms with Crippen molar-refractivity contribution < 1.29 is 9.32 Å². The number of hydrogen-bond donors (Lipinski definition) is 1. The number of nitrogens with zero attached hydrogens (tertiary/aromatic N) is 4. The van der Waals surface area contributed by atoms with Crippen molar-refractivity contribution in [2.45, 2.75) is 25.8 Å². The number of aromatic nitrogens is 3. The number of rotatable bonds is 4. The molecule has 3 heterocycles. The van der Waals surface area contributed by atoms with E-state index >= 15 is 0 Å². The van der Waals surface area contributed by atoms with E-state index in [0.29, 0.717) is 45.1 Å². The molecule has 2 aromatic heterocycles. The monoisotopic (exact) mass is 431 g/mol. The van der Waals surface area contributed by atoms with Crippen LogP contribution in [0.3, 0.4) is 0 Å². The van der Waals surface area contributed by atoms with Crippen LogP contribution in [0.15, 0.2) is 41.2 Å². The fourth-order valence-electron chi connectivity index (χ4n) is 3.52. The van der Waals surface area contributed by atoms with Gasteiger partial charge in [-0.3, -0.25) is 4.79 Å². The largest absolute Gasteiger partial charge is 0.360 e. The Balaban J connectivity index is 1.56. The first-order valence-corrected chi connectivity index (χ1v) is 10.0. The Hall–Kier alpha value is -2.64. The van der Waals surface area contributed by atoms with Crippen LogP contribution in [0.2, 0.25) is 10.0 Å². The van der Waals surface area contributed by atoms with Crippen LogP contribution in [0.1, 0.15) is 29.0 Å². The molecule has 4 rings (SSSR count). The van der Waals surface area contributed by atoms with Crippen LogP contribution in [0.4, 0.5) is 5.95 Å². The van der Waals surface area contributed by atoms with Crippen LogP contribution >= 0.6 is 23.2 Å². The first-order valence-electron chi connectivity index (χ1n) is 9.28. The average Bonchev–Trinajstić information content (AvgIpc) is 3.10. The fraction of sp³-hybridized carbons (Fsp3) is 0.300. The van der Waals surface area contributed by atoms with Gasteiger partial charge in [0, 0.05) is 37.1 Å². The average molecular weight is 432 g/mol. The normalized spacial score (nSPS) is 16.7. The molecular formula is C20H19Cl2N5O2. The summed E-state index contributed by atoms with van der Waals surface area (Å²) in [5, 5.41) is 7.95. The van der Waals surface area contributed by atoms with Gasteiger partial charge in [0.25, 0.3) is 5.91 Å². The molecule has 9 heteroatoms. The lowest BCUT2D eigenvalue weighted by Crippen LogP contribution is -2.48. The third-order valence-corrected chi connectivity index (χ3v) is 5.51. The van der Waals surface area contributed by atoms with Gasteiger partial charge in [-0.05, 0) is 38.0 Å². The van der Waals surface area contributed by atoms with E-state index < -0.39 is 0 Å². The fourth-order valence-corrected chi connectivity index (χ4v) is 4.10. The first-order chi connectivity index (χ1) is 14.0. The quantitative estimate of drug-likeness (QED) is 0.667. The molecule has 29 heavy (non-hydrogen) atoms. The number of hydrogen-bond acceptors (Lipinski definition) is 6. The first kappa shape index (κ1) is 19.7. The number of aryl methyl sites for hydroxylation is 1. The molecule has 1 aromatic carbocycles. The van der Waals surface area contributed by atoms with E-state index in [2.05, 4.69) is 25.3 Å². The molecule has 150 valence electrons. The molecule has 0 bridgehead atoms. The topological polar surface area (TPSA) is 84.2 Å². The maximum absolute atomic E-state index is 13.1. The minimum absolute atomic E-state index is 0.0519. The summed E-state index contributed by atoms with van der Waals surface area (Å²) in [6.07, 6.45) is 5.21. The molecule has 1 atom stereocenters. The maximum atomic E-state index is 13.1. The van der Waals surface area contributed by atoms with Crippen molar-refractivity contribution in [3.05, 3.63) is 58.0 Å². The van der Waals surface area contributed by atoms with E-state index in [1.807, 2.05) is 0 Å². The summed E-state index contributed by atoms with van der Waals surface area (Å²) in [6, 6.07) is 6.87. The second-order valence-corrected chi connectivity index (χ2v) is 7.68. The third-order valence-electron chi connectivity index (χ3n) is 4.88. The highest BCUT2D eigenvalue weighted by molar-refractivity contribution is 6.39. The zero-order valence-electron chi connectivity index (χ0n) is 15.7. The molecule has 0 radical (unpaired) electrons. The van der Waals surface area contributed by atoms with Gasteiger partial charge in [0.15, 0.2) is 0 Å². The Morgan fingerprint density at radius 1 is 1.21 bits per heavy atom. The number of anilines is 1.